The average molecular weight is 453 g/mol. The molecule has 3 fully saturated rings. The molecule has 2 aliphatic heterocycles. The number of hydrogen-bond acceptors (Lipinski definition) is 4. The summed E-state index contributed by atoms with van der Waals surface area (Å²) < 4.78 is 0. The molecule has 4 atom stereocenters. The number of H-pyrrole nitrogens is 1. The van der Waals surface area contributed by atoms with E-state index in [2.05, 4.69) is 50.0 Å². The van der Waals surface area contributed by atoms with E-state index in [0.29, 0.717) is 5.92 Å². The number of nitrogens with zero attached hydrogens (tertiary/aromatic N) is 3. The number of pyridine rings is 1. The van der Waals surface area contributed by atoms with Crippen LogP contribution >= 0.6 is 23.4 Å². The Hall–Kier alpha value is -1.56. The summed E-state index contributed by atoms with van der Waals surface area (Å²) in [6.07, 6.45) is 7.19. The summed E-state index contributed by atoms with van der Waals surface area (Å²) in [6.45, 7) is 4.60. The zero-order valence-electron chi connectivity index (χ0n) is 18.0. The van der Waals surface area contributed by atoms with Crippen LogP contribution in [0.1, 0.15) is 42.9 Å². The average Bonchev–Trinajstić information content (AvgIpc) is 3.46. The third-order valence-electron chi connectivity index (χ3n) is 7.72. The number of aromatic nitrogens is 3. The normalized spacial score (nSPS) is 29.0. The molecule has 0 bridgehead atoms. The van der Waals surface area contributed by atoms with Gasteiger partial charge in [0.05, 0.1) is 5.52 Å². The van der Waals surface area contributed by atoms with Crippen molar-refractivity contribution in [1.82, 2.24) is 20.1 Å². The number of rotatable bonds is 3. The molecule has 3 aliphatic rings. The molecule has 0 spiro atoms. The minimum Gasteiger partial charge on any atom is -0.299 e. The van der Waals surface area contributed by atoms with Crippen molar-refractivity contribution in [3.63, 3.8) is 0 Å². The Morgan fingerprint density at radius 2 is 2.00 bits per heavy atom. The molecular weight excluding hydrogens is 424 g/mol. The van der Waals surface area contributed by atoms with E-state index in [1.54, 1.807) is 0 Å². The molecule has 6 heteroatoms. The van der Waals surface area contributed by atoms with Gasteiger partial charge in [-0.25, -0.2) is 0 Å². The van der Waals surface area contributed by atoms with Gasteiger partial charge in [0.25, 0.3) is 0 Å². The lowest BCUT2D eigenvalue weighted by atomic mass is 9.93. The number of thioether (sulfide) groups is 1. The van der Waals surface area contributed by atoms with Crippen LogP contribution in [-0.4, -0.2) is 50.7 Å². The number of hydrogen-bond donors (Lipinski definition) is 1. The van der Waals surface area contributed by atoms with E-state index in [4.69, 9.17) is 11.6 Å². The Kier molecular flexibility index (Phi) is 5.24. The molecule has 31 heavy (non-hydrogen) atoms. The molecule has 4 heterocycles. The predicted molar refractivity (Wildman–Crippen MR) is 130 cm³/mol. The zero-order chi connectivity index (χ0) is 20.9. The molecule has 0 radical (unpaired) electrons. The maximum absolute atomic E-state index is 6.80. The van der Waals surface area contributed by atoms with Gasteiger partial charge in [-0.3, -0.25) is 15.0 Å². The highest BCUT2D eigenvalue weighted by atomic mass is 35.5. The van der Waals surface area contributed by atoms with E-state index in [0.717, 1.165) is 45.4 Å². The summed E-state index contributed by atoms with van der Waals surface area (Å²) in [7, 11) is 0. The predicted octanol–water partition coefficient (Wildman–Crippen LogP) is 5.91. The first-order valence-electron chi connectivity index (χ1n) is 11.6. The van der Waals surface area contributed by atoms with Crippen LogP contribution in [0.4, 0.5) is 0 Å². The van der Waals surface area contributed by atoms with Crippen LogP contribution < -0.4 is 0 Å². The number of aromatic amines is 1. The van der Waals surface area contributed by atoms with Gasteiger partial charge in [0, 0.05) is 52.7 Å². The standard InChI is InChI=1S/C25H29ClN4S/c1-15-7-16(4-5-27-15)25-22-10-21(23(26)11-24(22)28-29-25)17-8-18-12-30(13-19(18)9-17)20-3-2-6-31-14-20/h4-5,7,10-11,17-20H,2-3,6,8-9,12-14H2,1H3,(H,28,29)/t17?,18-,19+,20?. The highest BCUT2D eigenvalue weighted by Crippen LogP contribution is 2.49. The van der Waals surface area contributed by atoms with Gasteiger partial charge in [0.1, 0.15) is 5.69 Å². The largest absolute Gasteiger partial charge is 0.299 e. The van der Waals surface area contributed by atoms with Crippen LogP contribution in [0.5, 0.6) is 0 Å². The molecule has 1 N–H and O–H groups in total. The molecule has 162 valence electrons. The number of fused-ring (bicyclic) bond motifs is 2. The maximum atomic E-state index is 6.80. The second-order valence-corrected chi connectivity index (χ2v) is 11.2. The lowest BCUT2D eigenvalue weighted by molar-refractivity contribution is 0.226. The lowest BCUT2D eigenvalue weighted by Gasteiger charge is -2.31. The maximum Gasteiger partial charge on any atom is 0.100 e. The number of nitrogens with one attached hydrogen (secondary N) is 1. The topological polar surface area (TPSA) is 44.8 Å². The summed E-state index contributed by atoms with van der Waals surface area (Å²) in [5.41, 5.74) is 5.44. The number of benzene rings is 1. The molecule has 2 aromatic heterocycles. The summed E-state index contributed by atoms with van der Waals surface area (Å²) in [5.74, 6) is 4.92. The van der Waals surface area contributed by atoms with Crippen molar-refractivity contribution in [2.24, 2.45) is 11.8 Å². The van der Waals surface area contributed by atoms with Gasteiger partial charge < -0.3 is 0 Å². The van der Waals surface area contributed by atoms with E-state index < -0.39 is 0 Å². The summed E-state index contributed by atoms with van der Waals surface area (Å²) in [5, 5.41) is 9.86. The quantitative estimate of drug-likeness (QED) is 0.536. The van der Waals surface area contributed by atoms with Crippen molar-refractivity contribution < 1.29 is 0 Å². The molecule has 2 unspecified atom stereocenters. The highest BCUT2D eigenvalue weighted by molar-refractivity contribution is 7.99. The van der Waals surface area contributed by atoms with Crippen LogP contribution in [0.25, 0.3) is 22.2 Å². The van der Waals surface area contributed by atoms with E-state index in [1.807, 2.05) is 19.2 Å². The SMILES string of the molecule is Cc1cc(-c2n[nH]c3cc(Cl)c(C4C[C@@H]5CN(C6CCCSC6)C[C@@H]5C4)cc23)ccn1. The molecule has 6 rings (SSSR count). The van der Waals surface area contributed by atoms with Crippen molar-refractivity contribution >= 4 is 34.3 Å². The first-order valence-corrected chi connectivity index (χ1v) is 13.1. The van der Waals surface area contributed by atoms with E-state index >= 15 is 0 Å². The molecular formula is C25H29ClN4S. The first-order chi connectivity index (χ1) is 15.2. The summed E-state index contributed by atoms with van der Waals surface area (Å²) in [4.78, 5) is 7.14. The number of halogens is 1. The summed E-state index contributed by atoms with van der Waals surface area (Å²) in [6, 6.07) is 9.35. The van der Waals surface area contributed by atoms with Crippen LogP contribution in [0.15, 0.2) is 30.5 Å². The van der Waals surface area contributed by atoms with Crippen molar-refractivity contribution in [2.75, 3.05) is 24.6 Å². The zero-order valence-corrected chi connectivity index (χ0v) is 19.6. The van der Waals surface area contributed by atoms with Gasteiger partial charge in [-0.05, 0) is 85.9 Å². The Morgan fingerprint density at radius 3 is 2.74 bits per heavy atom. The Morgan fingerprint density at radius 1 is 1.16 bits per heavy atom. The van der Waals surface area contributed by atoms with Gasteiger partial charge in [-0.15, -0.1) is 0 Å². The minimum absolute atomic E-state index is 0.566. The van der Waals surface area contributed by atoms with Gasteiger partial charge in [-0.2, -0.15) is 16.9 Å². The van der Waals surface area contributed by atoms with Crippen molar-refractivity contribution in [1.29, 1.82) is 0 Å². The lowest BCUT2D eigenvalue weighted by Crippen LogP contribution is -2.37. The molecule has 1 aliphatic carbocycles. The fraction of sp³-hybridized carbons (Fsp3) is 0.520. The third-order valence-corrected chi connectivity index (χ3v) is 9.25. The Labute approximate surface area is 193 Å². The van der Waals surface area contributed by atoms with Gasteiger partial charge >= 0.3 is 0 Å². The molecule has 1 saturated carbocycles. The van der Waals surface area contributed by atoms with Crippen molar-refractivity contribution in [3.8, 4) is 11.3 Å². The molecule has 3 aromatic rings. The van der Waals surface area contributed by atoms with Crippen LogP contribution in [0.2, 0.25) is 5.02 Å². The van der Waals surface area contributed by atoms with Crippen LogP contribution in [0.3, 0.4) is 0 Å². The van der Waals surface area contributed by atoms with Crippen LogP contribution in [0, 0.1) is 18.8 Å². The Balaban J connectivity index is 1.25. The highest BCUT2D eigenvalue weighted by Gasteiger charge is 2.43. The minimum atomic E-state index is 0.566. The smallest absolute Gasteiger partial charge is 0.100 e. The van der Waals surface area contributed by atoms with Crippen LogP contribution in [-0.2, 0) is 0 Å². The van der Waals surface area contributed by atoms with Gasteiger partial charge in [0.2, 0.25) is 0 Å². The van der Waals surface area contributed by atoms with E-state index in [-0.39, 0.29) is 0 Å². The summed E-state index contributed by atoms with van der Waals surface area (Å²) >= 11 is 8.95. The molecule has 0 amide bonds. The fourth-order valence-corrected chi connectivity index (χ4v) is 7.69. The first kappa shape index (κ1) is 20.1. The fourth-order valence-electron chi connectivity index (χ4n) is 6.18. The van der Waals surface area contributed by atoms with Gasteiger partial charge in [-0.1, -0.05) is 11.6 Å². The molecule has 4 nitrogen and oxygen atoms in total. The second kappa shape index (κ2) is 8.09. The second-order valence-electron chi connectivity index (χ2n) is 9.69. The van der Waals surface area contributed by atoms with Gasteiger partial charge in [0.15, 0.2) is 0 Å². The monoisotopic (exact) mass is 452 g/mol. The van der Waals surface area contributed by atoms with E-state index in [1.165, 1.54) is 61.2 Å². The molecule has 1 aromatic carbocycles. The number of aryl methyl sites for hydroxylation is 1. The van der Waals surface area contributed by atoms with E-state index in [9.17, 15) is 0 Å². The third kappa shape index (κ3) is 3.69. The Bertz CT molecular complexity index is 1090. The van der Waals surface area contributed by atoms with Crippen molar-refractivity contribution in [2.45, 2.75) is 44.6 Å². The number of likely N-dealkylation sites (tertiary alicyclic amines) is 1. The van der Waals surface area contributed by atoms with Crippen molar-refractivity contribution in [3.05, 3.63) is 46.7 Å². The molecule has 2 saturated heterocycles.